The number of carbonyl (C=O) groups is 1. The second-order valence-corrected chi connectivity index (χ2v) is 3.05. The monoisotopic (exact) mass is 196 g/mol. The third-order valence-corrected chi connectivity index (χ3v) is 1.77. The molecule has 0 spiro atoms. The van der Waals surface area contributed by atoms with Crippen molar-refractivity contribution in [3.05, 3.63) is 29.8 Å². The van der Waals surface area contributed by atoms with Crippen LogP contribution in [0.25, 0.3) is 0 Å². The Morgan fingerprint density at radius 3 is 2.92 bits per heavy atom. The van der Waals surface area contributed by atoms with Crippen molar-refractivity contribution in [2.75, 3.05) is 18.0 Å². The molecule has 0 unspecified atom stereocenters. The number of nitrogens with one attached hydrogen (secondary N) is 1. The van der Waals surface area contributed by atoms with Crippen LogP contribution in [0.2, 0.25) is 0 Å². The van der Waals surface area contributed by atoms with Gasteiger partial charge in [-0.3, -0.25) is 4.79 Å². The summed E-state index contributed by atoms with van der Waals surface area (Å²) in [5.74, 6) is 0.523. The van der Waals surface area contributed by atoms with E-state index >= 15 is 0 Å². The third kappa shape index (κ3) is 2.99. The Balaban J connectivity index is 2.66. The molecule has 3 N–H and O–H groups in total. The summed E-state index contributed by atoms with van der Waals surface area (Å²) in [6, 6.07) is 6.87. The van der Waals surface area contributed by atoms with Crippen LogP contribution in [0.4, 0.5) is 5.69 Å². The van der Waals surface area contributed by atoms with Crippen LogP contribution in [0, 0.1) is 0 Å². The van der Waals surface area contributed by atoms with Crippen molar-refractivity contribution in [1.29, 1.82) is 0 Å². The molecule has 1 rings (SSSR count). The fraction of sp³-hybridized carbons (Fsp3) is 0.222. The Labute approximate surface area is 82.7 Å². The number of thiol groups is 1. The van der Waals surface area contributed by atoms with E-state index in [9.17, 15) is 4.79 Å². The SMILES string of the molecule is Nc1cccc(C(=O)NCCS)c1. The molecule has 0 aromatic heterocycles. The Kier molecular flexibility index (Phi) is 3.64. The van der Waals surface area contributed by atoms with Gasteiger partial charge in [0.2, 0.25) is 0 Å². The van der Waals surface area contributed by atoms with Gasteiger partial charge in [-0.15, -0.1) is 0 Å². The summed E-state index contributed by atoms with van der Waals surface area (Å²) < 4.78 is 0. The number of carbonyl (C=O) groups excluding carboxylic acids is 1. The van der Waals surface area contributed by atoms with Crippen molar-refractivity contribution in [2.45, 2.75) is 0 Å². The Bertz CT molecular complexity index is 301. The lowest BCUT2D eigenvalue weighted by molar-refractivity contribution is 0.0956. The topological polar surface area (TPSA) is 55.1 Å². The average Bonchev–Trinajstić information content (AvgIpc) is 2.14. The molecular formula is C9H12N2OS. The number of anilines is 1. The van der Waals surface area contributed by atoms with Crippen LogP contribution in [0.5, 0.6) is 0 Å². The van der Waals surface area contributed by atoms with E-state index in [1.165, 1.54) is 0 Å². The summed E-state index contributed by atoms with van der Waals surface area (Å²) in [7, 11) is 0. The molecule has 1 amide bonds. The fourth-order valence-corrected chi connectivity index (χ4v) is 1.06. The molecule has 4 heteroatoms. The zero-order valence-corrected chi connectivity index (χ0v) is 8.05. The van der Waals surface area contributed by atoms with E-state index in [0.29, 0.717) is 23.5 Å². The summed E-state index contributed by atoms with van der Waals surface area (Å²) in [4.78, 5) is 11.4. The molecular weight excluding hydrogens is 184 g/mol. The van der Waals surface area contributed by atoms with Crippen molar-refractivity contribution >= 4 is 24.2 Å². The van der Waals surface area contributed by atoms with Crippen LogP contribution in [0.15, 0.2) is 24.3 Å². The first-order chi connectivity index (χ1) is 6.24. The lowest BCUT2D eigenvalue weighted by Gasteiger charge is -2.03. The minimum absolute atomic E-state index is 0.110. The summed E-state index contributed by atoms with van der Waals surface area (Å²) in [5.41, 5.74) is 6.71. The van der Waals surface area contributed by atoms with Crippen molar-refractivity contribution < 1.29 is 4.79 Å². The summed E-state index contributed by atoms with van der Waals surface area (Å²) in [6.45, 7) is 0.566. The molecule has 13 heavy (non-hydrogen) atoms. The highest BCUT2D eigenvalue weighted by molar-refractivity contribution is 7.80. The number of nitrogen functional groups attached to an aromatic ring is 1. The van der Waals surface area contributed by atoms with Crippen LogP contribution in [-0.4, -0.2) is 18.2 Å². The summed E-state index contributed by atoms with van der Waals surface area (Å²) in [6.07, 6.45) is 0. The minimum atomic E-state index is -0.110. The van der Waals surface area contributed by atoms with Gasteiger partial charge in [-0.2, -0.15) is 12.6 Å². The first-order valence-corrected chi connectivity index (χ1v) is 4.62. The maximum Gasteiger partial charge on any atom is 0.251 e. The van der Waals surface area contributed by atoms with E-state index in [2.05, 4.69) is 17.9 Å². The highest BCUT2D eigenvalue weighted by atomic mass is 32.1. The number of benzene rings is 1. The predicted molar refractivity (Wildman–Crippen MR) is 57.0 cm³/mol. The van der Waals surface area contributed by atoms with Gasteiger partial charge in [0.15, 0.2) is 0 Å². The Hall–Kier alpha value is -1.16. The normalized spacial score (nSPS) is 9.62. The molecule has 70 valence electrons. The summed E-state index contributed by atoms with van der Waals surface area (Å²) in [5, 5.41) is 2.70. The van der Waals surface area contributed by atoms with Crippen molar-refractivity contribution in [2.24, 2.45) is 0 Å². The van der Waals surface area contributed by atoms with E-state index in [-0.39, 0.29) is 5.91 Å². The molecule has 3 nitrogen and oxygen atoms in total. The quantitative estimate of drug-likeness (QED) is 0.497. The molecule has 0 fully saturated rings. The van der Waals surface area contributed by atoms with Gasteiger partial charge in [0.05, 0.1) is 0 Å². The van der Waals surface area contributed by atoms with Crippen LogP contribution in [0.1, 0.15) is 10.4 Å². The Morgan fingerprint density at radius 1 is 1.54 bits per heavy atom. The molecule has 0 radical (unpaired) electrons. The van der Waals surface area contributed by atoms with Crippen LogP contribution < -0.4 is 11.1 Å². The maximum atomic E-state index is 11.4. The molecule has 0 aliphatic rings. The van der Waals surface area contributed by atoms with Gasteiger partial charge >= 0.3 is 0 Å². The van der Waals surface area contributed by atoms with Gasteiger partial charge in [0.25, 0.3) is 5.91 Å². The van der Waals surface area contributed by atoms with E-state index in [4.69, 9.17) is 5.73 Å². The van der Waals surface area contributed by atoms with E-state index in [1.54, 1.807) is 24.3 Å². The lowest BCUT2D eigenvalue weighted by atomic mass is 10.2. The molecule has 0 aliphatic carbocycles. The second-order valence-electron chi connectivity index (χ2n) is 2.60. The molecule has 0 saturated heterocycles. The van der Waals surface area contributed by atoms with E-state index in [1.807, 2.05) is 0 Å². The molecule has 0 aliphatic heterocycles. The lowest BCUT2D eigenvalue weighted by Crippen LogP contribution is -2.25. The van der Waals surface area contributed by atoms with Crippen molar-refractivity contribution in [3.8, 4) is 0 Å². The van der Waals surface area contributed by atoms with Crippen LogP contribution in [-0.2, 0) is 0 Å². The van der Waals surface area contributed by atoms with Crippen molar-refractivity contribution in [3.63, 3.8) is 0 Å². The third-order valence-electron chi connectivity index (χ3n) is 1.55. The smallest absolute Gasteiger partial charge is 0.251 e. The van der Waals surface area contributed by atoms with Gasteiger partial charge < -0.3 is 11.1 Å². The standard InChI is InChI=1S/C9H12N2OS/c10-8-3-1-2-7(6-8)9(12)11-4-5-13/h1-3,6,13H,4-5,10H2,(H,11,12). The van der Waals surface area contributed by atoms with E-state index < -0.39 is 0 Å². The molecule has 0 atom stereocenters. The van der Waals surface area contributed by atoms with Crippen molar-refractivity contribution in [1.82, 2.24) is 5.32 Å². The van der Waals surface area contributed by atoms with Gasteiger partial charge in [-0.05, 0) is 18.2 Å². The maximum absolute atomic E-state index is 11.4. The molecule has 1 aromatic rings. The van der Waals surface area contributed by atoms with Gasteiger partial charge in [0.1, 0.15) is 0 Å². The molecule has 1 aromatic carbocycles. The molecule has 0 heterocycles. The highest BCUT2D eigenvalue weighted by Crippen LogP contribution is 2.05. The molecule has 0 bridgehead atoms. The fourth-order valence-electron chi connectivity index (χ4n) is 0.951. The first kappa shape index (κ1) is 9.92. The van der Waals surface area contributed by atoms with Crippen LogP contribution in [0.3, 0.4) is 0 Å². The largest absolute Gasteiger partial charge is 0.399 e. The predicted octanol–water partition coefficient (Wildman–Crippen LogP) is 0.928. The van der Waals surface area contributed by atoms with Gasteiger partial charge in [-0.1, -0.05) is 6.07 Å². The highest BCUT2D eigenvalue weighted by Gasteiger charge is 2.03. The number of hydrogen-bond donors (Lipinski definition) is 3. The molecule has 0 saturated carbocycles. The van der Waals surface area contributed by atoms with Gasteiger partial charge in [0, 0.05) is 23.5 Å². The second kappa shape index (κ2) is 4.77. The van der Waals surface area contributed by atoms with Gasteiger partial charge in [-0.25, -0.2) is 0 Å². The summed E-state index contributed by atoms with van der Waals surface area (Å²) >= 11 is 3.99. The zero-order valence-electron chi connectivity index (χ0n) is 7.16. The zero-order chi connectivity index (χ0) is 9.68. The Morgan fingerprint density at radius 2 is 2.31 bits per heavy atom. The number of amides is 1. The number of hydrogen-bond acceptors (Lipinski definition) is 3. The van der Waals surface area contributed by atoms with Crippen LogP contribution >= 0.6 is 12.6 Å². The first-order valence-electron chi connectivity index (χ1n) is 3.98. The average molecular weight is 196 g/mol. The number of nitrogens with two attached hydrogens (primary N) is 1. The number of rotatable bonds is 3. The van der Waals surface area contributed by atoms with E-state index in [0.717, 1.165) is 0 Å². The minimum Gasteiger partial charge on any atom is -0.399 e.